The fourth-order valence-electron chi connectivity index (χ4n) is 4.64. The Morgan fingerprint density at radius 2 is 2.06 bits per heavy atom. The molecule has 3 aliphatic rings. The SMILES string of the molecule is Cc1cc(OCCCC2CCN(N3OOC(C4CC(F)(F)C4)O3)CC2)ccc1C(=O)N[C@H](C)CO. The van der Waals surface area contributed by atoms with E-state index in [2.05, 4.69) is 5.32 Å². The predicted octanol–water partition coefficient (Wildman–Crippen LogP) is 3.37. The number of hydrogen-bond acceptors (Lipinski definition) is 8. The number of halogens is 2. The summed E-state index contributed by atoms with van der Waals surface area (Å²) in [6.07, 6.45) is 2.63. The van der Waals surface area contributed by atoms with Crippen molar-refractivity contribution in [2.45, 2.75) is 70.6 Å². The van der Waals surface area contributed by atoms with Crippen molar-refractivity contribution in [3.05, 3.63) is 29.3 Å². The first-order chi connectivity index (χ1) is 16.7. The van der Waals surface area contributed by atoms with Crippen LogP contribution < -0.4 is 10.1 Å². The molecule has 1 unspecified atom stereocenters. The Morgan fingerprint density at radius 3 is 2.71 bits per heavy atom. The second-order valence-electron chi connectivity index (χ2n) is 9.83. The van der Waals surface area contributed by atoms with Crippen LogP contribution in [0.2, 0.25) is 0 Å². The van der Waals surface area contributed by atoms with E-state index in [1.54, 1.807) is 19.1 Å². The third-order valence-electron chi connectivity index (χ3n) is 6.84. The van der Waals surface area contributed by atoms with Gasteiger partial charge in [-0.25, -0.2) is 13.6 Å². The second kappa shape index (κ2) is 11.4. The number of hydrogen-bond donors (Lipinski definition) is 2. The van der Waals surface area contributed by atoms with E-state index >= 15 is 0 Å². The molecule has 2 atom stereocenters. The van der Waals surface area contributed by atoms with E-state index in [0.717, 1.165) is 50.1 Å². The normalized spacial score (nSPS) is 24.8. The van der Waals surface area contributed by atoms with Gasteiger partial charge < -0.3 is 15.2 Å². The molecule has 1 aliphatic carbocycles. The fourth-order valence-corrected chi connectivity index (χ4v) is 4.64. The molecule has 0 spiro atoms. The van der Waals surface area contributed by atoms with Crippen LogP contribution in [-0.2, 0) is 14.7 Å². The highest BCUT2D eigenvalue weighted by Gasteiger charge is 2.53. The van der Waals surface area contributed by atoms with Gasteiger partial charge in [0.2, 0.25) is 12.2 Å². The number of carbonyl (C=O) groups is 1. The van der Waals surface area contributed by atoms with Crippen molar-refractivity contribution in [3.8, 4) is 5.75 Å². The van der Waals surface area contributed by atoms with Gasteiger partial charge in [-0.2, -0.15) is 9.90 Å². The zero-order valence-corrected chi connectivity index (χ0v) is 20.3. The van der Waals surface area contributed by atoms with Crippen LogP contribution in [0.15, 0.2) is 18.2 Å². The van der Waals surface area contributed by atoms with E-state index in [9.17, 15) is 13.6 Å². The lowest BCUT2D eigenvalue weighted by atomic mass is 9.81. The molecule has 196 valence electrons. The maximum absolute atomic E-state index is 13.1. The lowest BCUT2D eigenvalue weighted by Crippen LogP contribution is -2.46. The molecule has 1 saturated carbocycles. The minimum Gasteiger partial charge on any atom is -0.494 e. The maximum Gasteiger partial charge on any atom is 0.251 e. The molecule has 9 nitrogen and oxygen atoms in total. The molecule has 0 aromatic heterocycles. The van der Waals surface area contributed by atoms with Gasteiger partial charge in [0, 0.05) is 48.8 Å². The van der Waals surface area contributed by atoms with Crippen molar-refractivity contribution in [3.63, 3.8) is 0 Å². The highest BCUT2D eigenvalue weighted by Crippen LogP contribution is 2.46. The van der Waals surface area contributed by atoms with Gasteiger partial charge in [-0.3, -0.25) is 4.79 Å². The number of ether oxygens (including phenoxy) is 1. The van der Waals surface area contributed by atoms with E-state index in [1.807, 2.05) is 18.0 Å². The third-order valence-corrected chi connectivity index (χ3v) is 6.84. The van der Waals surface area contributed by atoms with Crippen LogP contribution >= 0.6 is 0 Å². The summed E-state index contributed by atoms with van der Waals surface area (Å²) in [6, 6.07) is 5.09. The first kappa shape index (κ1) is 26.2. The molecule has 2 saturated heterocycles. The van der Waals surface area contributed by atoms with E-state index in [1.165, 1.54) is 5.34 Å². The molecule has 0 radical (unpaired) electrons. The summed E-state index contributed by atoms with van der Waals surface area (Å²) in [7, 11) is 0. The van der Waals surface area contributed by atoms with Crippen LogP contribution in [0.3, 0.4) is 0 Å². The van der Waals surface area contributed by atoms with Crippen molar-refractivity contribution in [2.75, 3.05) is 26.3 Å². The van der Waals surface area contributed by atoms with Crippen LogP contribution in [0.5, 0.6) is 5.75 Å². The maximum atomic E-state index is 13.1. The highest BCUT2D eigenvalue weighted by molar-refractivity contribution is 5.95. The van der Waals surface area contributed by atoms with Crippen LogP contribution in [0.25, 0.3) is 0 Å². The Bertz CT molecular complexity index is 860. The summed E-state index contributed by atoms with van der Waals surface area (Å²) in [5.41, 5.74) is 1.39. The smallest absolute Gasteiger partial charge is 0.251 e. The summed E-state index contributed by atoms with van der Waals surface area (Å²) in [4.78, 5) is 28.0. The predicted molar refractivity (Wildman–Crippen MR) is 121 cm³/mol. The zero-order chi connectivity index (χ0) is 25.0. The number of hydrazine groups is 1. The fraction of sp³-hybridized carbons (Fsp3) is 0.708. The van der Waals surface area contributed by atoms with Crippen molar-refractivity contribution >= 4 is 5.91 Å². The van der Waals surface area contributed by atoms with Crippen LogP contribution in [0.4, 0.5) is 8.78 Å². The number of aliphatic hydroxyl groups excluding tert-OH is 1. The average molecular weight is 500 g/mol. The van der Waals surface area contributed by atoms with E-state index in [-0.39, 0.29) is 37.3 Å². The number of piperidine rings is 1. The zero-order valence-electron chi connectivity index (χ0n) is 20.3. The number of nitrogens with zero attached hydrogens (tertiary/aromatic N) is 2. The van der Waals surface area contributed by atoms with Crippen LogP contribution in [0, 0.1) is 18.8 Å². The molecular weight excluding hydrogens is 464 g/mol. The average Bonchev–Trinajstić information content (AvgIpc) is 3.30. The molecule has 1 aromatic rings. The van der Waals surface area contributed by atoms with Gasteiger partial charge in [-0.15, -0.1) is 0 Å². The van der Waals surface area contributed by atoms with Gasteiger partial charge in [-0.05, 0) is 69.2 Å². The Hall–Kier alpha value is -1.89. The Morgan fingerprint density at radius 1 is 1.31 bits per heavy atom. The first-order valence-corrected chi connectivity index (χ1v) is 12.3. The summed E-state index contributed by atoms with van der Waals surface area (Å²) >= 11 is 0. The second-order valence-corrected chi connectivity index (χ2v) is 9.83. The number of aliphatic hydroxyl groups is 1. The topological polar surface area (TPSA) is 92.7 Å². The number of carbonyl (C=O) groups excluding carboxylic acids is 1. The summed E-state index contributed by atoms with van der Waals surface area (Å²) in [5, 5.41) is 14.9. The lowest BCUT2D eigenvalue weighted by molar-refractivity contribution is -0.487. The summed E-state index contributed by atoms with van der Waals surface area (Å²) < 4.78 is 32.0. The van der Waals surface area contributed by atoms with Gasteiger partial charge in [0.1, 0.15) is 5.75 Å². The van der Waals surface area contributed by atoms with Gasteiger partial charge in [0.15, 0.2) is 0 Å². The largest absolute Gasteiger partial charge is 0.494 e. The number of nitrogens with one attached hydrogen (secondary N) is 1. The van der Waals surface area contributed by atoms with Gasteiger partial charge in [0.25, 0.3) is 5.91 Å². The molecular formula is C24H35F2N3O6. The molecule has 0 bridgehead atoms. The van der Waals surface area contributed by atoms with Crippen molar-refractivity contribution in [1.29, 1.82) is 0 Å². The molecule has 35 heavy (non-hydrogen) atoms. The molecule has 11 heteroatoms. The molecule has 4 rings (SSSR count). The minimum atomic E-state index is -2.62. The molecule has 2 N–H and O–H groups in total. The Kier molecular flexibility index (Phi) is 8.56. The molecule has 3 fully saturated rings. The van der Waals surface area contributed by atoms with E-state index < -0.39 is 12.2 Å². The van der Waals surface area contributed by atoms with Crippen molar-refractivity contribution in [2.24, 2.45) is 11.8 Å². The summed E-state index contributed by atoms with van der Waals surface area (Å²) in [5.74, 6) is -1.89. The van der Waals surface area contributed by atoms with Gasteiger partial charge in [0.05, 0.1) is 13.2 Å². The van der Waals surface area contributed by atoms with Crippen LogP contribution in [0.1, 0.15) is 61.4 Å². The number of amides is 1. The van der Waals surface area contributed by atoms with Crippen molar-refractivity contribution < 1.29 is 38.1 Å². The lowest BCUT2D eigenvalue weighted by Gasteiger charge is -2.37. The standard InChI is InChI=1S/C24H35F2N3O6/c1-16-12-20(5-6-21(16)22(31)27-17(2)15-30)32-11-3-4-18-7-9-28(10-8-18)29-33-23(34-35-29)19-13-24(25,26)14-19/h5-6,12,17-19,23,30H,3-4,7-11,13-15H2,1-2H3,(H,27,31)/t17-,23?/m1/s1. The summed E-state index contributed by atoms with van der Waals surface area (Å²) in [6.45, 7) is 5.56. The molecule has 2 aliphatic heterocycles. The number of aryl methyl sites for hydroxylation is 1. The highest BCUT2D eigenvalue weighted by atomic mass is 19.3. The van der Waals surface area contributed by atoms with E-state index in [0.29, 0.717) is 18.1 Å². The third kappa shape index (κ3) is 6.87. The number of rotatable bonds is 10. The van der Waals surface area contributed by atoms with E-state index in [4.69, 9.17) is 24.6 Å². The van der Waals surface area contributed by atoms with Crippen molar-refractivity contribution in [1.82, 2.24) is 15.7 Å². The number of benzene rings is 1. The minimum absolute atomic E-state index is 0.107. The number of alkyl halides is 2. The quantitative estimate of drug-likeness (QED) is 0.374. The molecule has 2 heterocycles. The first-order valence-electron chi connectivity index (χ1n) is 12.3. The van der Waals surface area contributed by atoms with Gasteiger partial charge >= 0.3 is 0 Å². The monoisotopic (exact) mass is 499 g/mol. The Labute approximate surface area is 204 Å². The molecule has 1 aromatic carbocycles. The Balaban J connectivity index is 1.11. The van der Waals surface area contributed by atoms with Crippen LogP contribution in [-0.4, -0.2) is 65.9 Å². The van der Waals surface area contributed by atoms with Gasteiger partial charge in [-0.1, -0.05) is 4.99 Å². The molecule has 1 amide bonds.